The third-order valence-corrected chi connectivity index (χ3v) is 1.77. The maximum Gasteiger partial charge on any atom is 0.312 e. The summed E-state index contributed by atoms with van der Waals surface area (Å²) in [6, 6.07) is -0.649. The molecule has 0 spiro atoms. The Morgan fingerprint density at radius 3 is 2.50 bits per heavy atom. The molecule has 6 heteroatoms. The fraction of sp³-hybridized carbons (Fsp3) is 0.750. The summed E-state index contributed by atoms with van der Waals surface area (Å²) in [5, 5.41) is 2.24. The van der Waals surface area contributed by atoms with Crippen molar-refractivity contribution in [2.75, 3.05) is 18.6 Å². The summed E-state index contributed by atoms with van der Waals surface area (Å²) in [4.78, 5) is 10.0. The van der Waals surface area contributed by atoms with Gasteiger partial charge in [0.25, 0.3) is 0 Å². The number of nitrogens with one attached hydrogen (secondary N) is 1. The SMILES string of the molecule is CS(O)(O)CCNC(N)=O. The van der Waals surface area contributed by atoms with Gasteiger partial charge in [0, 0.05) is 12.8 Å². The van der Waals surface area contributed by atoms with Gasteiger partial charge in [0.05, 0.1) is 5.75 Å². The molecule has 0 aromatic heterocycles. The van der Waals surface area contributed by atoms with Gasteiger partial charge in [-0.15, -0.1) is 0 Å². The number of urea groups is 1. The van der Waals surface area contributed by atoms with Crippen molar-refractivity contribution in [3.8, 4) is 0 Å². The number of nitrogens with two attached hydrogens (primary N) is 1. The molecule has 0 rings (SSSR count). The minimum atomic E-state index is -2.49. The molecule has 0 aromatic rings. The van der Waals surface area contributed by atoms with Gasteiger partial charge in [0.15, 0.2) is 0 Å². The predicted molar refractivity (Wildman–Crippen MR) is 41.2 cm³/mol. The minimum absolute atomic E-state index is 0.149. The predicted octanol–water partition coefficient (Wildman–Crippen LogP) is 0.0351. The lowest BCUT2D eigenvalue weighted by Crippen LogP contribution is -2.32. The van der Waals surface area contributed by atoms with Crippen molar-refractivity contribution in [1.29, 1.82) is 0 Å². The molecule has 62 valence electrons. The van der Waals surface area contributed by atoms with Crippen LogP contribution in [-0.4, -0.2) is 33.7 Å². The van der Waals surface area contributed by atoms with E-state index in [1.165, 1.54) is 6.26 Å². The lowest BCUT2D eigenvalue weighted by Gasteiger charge is -2.26. The van der Waals surface area contributed by atoms with Crippen LogP contribution in [0.5, 0.6) is 0 Å². The second kappa shape index (κ2) is 3.65. The summed E-state index contributed by atoms with van der Waals surface area (Å²) < 4.78 is 17.6. The Bertz CT molecular complexity index is 122. The second-order valence-corrected chi connectivity index (χ2v) is 4.38. The molecule has 2 amide bonds. The number of hydrogen-bond acceptors (Lipinski definition) is 3. The summed E-state index contributed by atoms with van der Waals surface area (Å²) >= 11 is 0. The van der Waals surface area contributed by atoms with Crippen molar-refractivity contribution in [2.24, 2.45) is 5.73 Å². The van der Waals surface area contributed by atoms with E-state index >= 15 is 0 Å². The van der Waals surface area contributed by atoms with Gasteiger partial charge in [-0.3, -0.25) is 9.11 Å². The van der Waals surface area contributed by atoms with E-state index in [4.69, 9.17) is 14.8 Å². The van der Waals surface area contributed by atoms with Crippen LogP contribution in [0.25, 0.3) is 0 Å². The van der Waals surface area contributed by atoms with Gasteiger partial charge in [-0.1, -0.05) is 0 Å². The van der Waals surface area contributed by atoms with Gasteiger partial charge in [-0.05, 0) is 0 Å². The fourth-order valence-corrected chi connectivity index (χ4v) is 0.856. The van der Waals surface area contributed by atoms with Crippen molar-refractivity contribution in [1.82, 2.24) is 5.32 Å². The molecule has 0 saturated heterocycles. The maximum absolute atomic E-state index is 10.0. The van der Waals surface area contributed by atoms with E-state index in [0.717, 1.165) is 0 Å². The van der Waals surface area contributed by atoms with E-state index < -0.39 is 16.6 Å². The first-order valence-corrected chi connectivity index (χ1v) is 4.78. The Kier molecular flexibility index (Phi) is 3.48. The molecule has 0 radical (unpaired) electrons. The molecule has 0 fully saturated rings. The molecule has 0 saturated carbocycles. The van der Waals surface area contributed by atoms with Gasteiger partial charge in [0.1, 0.15) is 0 Å². The van der Waals surface area contributed by atoms with E-state index in [1.54, 1.807) is 0 Å². The molecule has 0 heterocycles. The zero-order valence-corrected chi connectivity index (χ0v) is 6.52. The van der Waals surface area contributed by atoms with Crippen molar-refractivity contribution in [2.45, 2.75) is 0 Å². The molecule has 5 nitrogen and oxygen atoms in total. The summed E-state index contributed by atoms with van der Waals surface area (Å²) in [6.07, 6.45) is 1.32. The van der Waals surface area contributed by atoms with Crippen molar-refractivity contribution in [3.05, 3.63) is 0 Å². The average molecular weight is 168 g/mol. The van der Waals surface area contributed by atoms with Crippen LogP contribution in [0.4, 0.5) is 4.79 Å². The van der Waals surface area contributed by atoms with Crippen LogP contribution in [0, 0.1) is 0 Å². The van der Waals surface area contributed by atoms with E-state index in [-0.39, 0.29) is 12.3 Å². The van der Waals surface area contributed by atoms with Crippen LogP contribution in [0.1, 0.15) is 0 Å². The third-order valence-electron chi connectivity index (χ3n) is 0.788. The van der Waals surface area contributed by atoms with E-state index in [9.17, 15) is 4.79 Å². The molecule has 0 aliphatic rings. The summed E-state index contributed by atoms with van der Waals surface area (Å²) in [7, 11) is -2.49. The number of primary amides is 1. The molecule has 0 aliphatic heterocycles. The maximum atomic E-state index is 10.0. The van der Waals surface area contributed by atoms with Crippen LogP contribution in [-0.2, 0) is 0 Å². The monoisotopic (exact) mass is 168 g/mol. The first-order chi connectivity index (χ1) is 4.42. The Morgan fingerprint density at radius 1 is 1.70 bits per heavy atom. The summed E-state index contributed by atoms with van der Waals surface area (Å²) in [5.41, 5.74) is 4.72. The van der Waals surface area contributed by atoms with Gasteiger partial charge in [-0.2, -0.15) is 10.6 Å². The molecule has 0 atom stereocenters. The van der Waals surface area contributed by atoms with Crippen molar-refractivity contribution >= 4 is 16.6 Å². The lowest BCUT2D eigenvalue weighted by molar-refractivity contribution is 0.249. The standard InChI is InChI=1S/C4H12N2O3S/c1-10(8,9)3-2-6-4(5)7/h8-9H,2-3H2,1H3,(H3,5,6,7). The van der Waals surface area contributed by atoms with Gasteiger partial charge < -0.3 is 11.1 Å². The van der Waals surface area contributed by atoms with E-state index in [2.05, 4.69) is 5.32 Å². The Labute approximate surface area is 61.0 Å². The van der Waals surface area contributed by atoms with Crippen LogP contribution in [0.2, 0.25) is 0 Å². The number of carbonyl (C=O) groups excluding carboxylic acids is 1. The number of carbonyl (C=O) groups is 1. The largest absolute Gasteiger partial charge is 0.352 e. The molecule has 10 heavy (non-hydrogen) atoms. The molecular weight excluding hydrogens is 156 g/mol. The second-order valence-electron chi connectivity index (χ2n) is 1.99. The highest BCUT2D eigenvalue weighted by Gasteiger charge is 2.02. The first-order valence-electron chi connectivity index (χ1n) is 2.66. The molecular formula is C4H12N2O3S. The van der Waals surface area contributed by atoms with Crippen LogP contribution >= 0.6 is 10.6 Å². The Balaban J connectivity index is 3.29. The number of hydrogen-bond donors (Lipinski definition) is 4. The Morgan fingerprint density at radius 2 is 2.20 bits per heavy atom. The van der Waals surface area contributed by atoms with E-state index in [1.807, 2.05) is 0 Å². The number of rotatable bonds is 3. The quantitative estimate of drug-likeness (QED) is 0.479. The van der Waals surface area contributed by atoms with Crippen molar-refractivity contribution < 1.29 is 13.9 Å². The zero-order chi connectivity index (χ0) is 8.20. The highest BCUT2D eigenvalue weighted by atomic mass is 32.3. The molecule has 0 aromatic carbocycles. The highest BCUT2D eigenvalue weighted by Crippen LogP contribution is 2.31. The van der Waals surface area contributed by atoms with Gasteiger partial charge in [0.2, 0.25) is 0 Å². The fourth-order valence-electron chi connectivity index (χ4n) is 0.368. The molecule has 5 N–H and O–H groups in total. The van der Waals surface area contributed by atoms with Crippen molar-refractivity contribution in [3.63, 3.8) is 0 Å². The molecule has 0 unspecified atom stereocenters. The summed E-state index contributed by atoms with van der Waals surface area (Å²) in [6.45, 7) is 0.203. The molecule has 0 bridgehead atoms. The van der Waals surface area contributed by atoms with Gasteiger partial charge in [-0.25, -0.2) is 4.79 Å². The smallest absolute Gasteiger partial charge is 0.312 e. The molecule has 0 aliphatic carbocycles. The zero-order valence-electron chi connectivity index (χ0n) is 5.70. The number of amides is 2. The topological polar surface area (TPSA) is 95.6 Å². The normalized spacial score (nSPS) is 12.7. The van der Waals surface area contributed by atoms with Crippen LogP contribution in [0.3, 0.4) is 0 Å². The first kappa shape index (κ1) is 9.54. The average Bonchev–Trinajstić information content (AvgIpc) is 1.59. The van der Waals surface area contributed by atoms with Crippen LogP contribution < -0.4 is 11.1 Å². The Hall–Kier alpha value is -0.460. The van der Waals surface area contributed by atoms with Gasteiger partial charge >= 0.3 is 6.03 Å². The minimum Gasteiger partial charge on any atom is -0.352 e. The van der Waals surface area contributed by atoms with E-state index in [0.29, 0.717) is 0 Å². The highest BCUT2D eigenvalue weighted by molar-refractivity contribution is 8.23. The third kappa shape index (κ3) is 7.54. The van der Waals surface area contributed by atoms with Crippen LogP contribution in [0.15, 0.2) is 0 Å². The summed E-state index contributed by atoms with van der Waals surface area (Å²) in [5.74, 6) is 0.149. The lowest BCUT2D eigenvalue weighted by atomic mass is 10.7.